The first-order valence-electron chi connectivity index (χ1n) is 18.4. The summed E-state index contributed by atoms with van der Waals surface area (Å²) in [6.45, 7) is 7.42. The number of carbonyl (C=O) groups is 3. The molecule has 2 amide bonds. The molecule has 3 aromatic carbocycles. The van der Waals surface area contributed by atoms with Crippen molar-refractivity contribution in [1.82, 2.24) is 4.90 Å². The lowest BCUT2D eigenvalue weighted by atomic mass is 9.80. The summed E-state index contributed by atoms with van der Waals surface area (Å²) in [5, 5.41) is 0. The van der Waals surface area contributed by atoms with Gasteiger partial charge in [-0.25, -0.2) is 4.90 Å². The maximum atomic E-state index is 13.5. The second-order valence-corrected chi connectivity index (χ2v) is 14.7. The number of rotatable bonds is 17. The molecule has 0 radical (unpaired) electrons. The van der Waals surface area contributed by atoms with E-state index in [-0.39, 0.29) is 24.9 Å². The molecule has 290 valence electrons. The van der Waals surface area contributed by atoms with Crippen molar-refractivity contribution in [1.29, 1.82) is 0 Å². The summed E-state index contributed by atoms with van der Waals surface area (Å²) in [5.41, 5.74) is 1.39. The van der Waals surface area contributed by atoms with Crippen LogP contribution in [-0.4, -0.2) is 88.9 Å². The summed E-state index contributed by atoms with van der Waals surface area (Å²) in [4.78, 5) is 39.9. The molecule has 2 aliphatic heterocycles. The van der Waals surface area contributed by atoms with Crippen LogP contribution in [0.25, 0.3) is 0 Å². The Morgan fingerprint density at radius 3 is 1.96 bits per heavy atom. The number of carbonyl (C=O) groups excluding carboxylic acids is 3. The highest BCUT2D eigenvalue weighted by Crippen LogP contribution is 2.43. The lowest BCUT2D eigenvalue weighted by Gasteiger charge is -2.37. The Morgan fingerprint density at radius 2 is 1.41 bits per heavy atom. The molecule has 11 nitrogen and oxygen atoms in total. The molecule has 2 heterocycles. The molecule has 1 fully saturated rings. The molecular formula is C43H53NO10. The Bertz CT molecular complexity index is 1680. The number of nitrogens with zero attached hydrogens (tertiary/aromatic N) is 1. The van der Waals surface area contributed by atoms with Gasteiger partial charge in [-0.3, -0.25) is 14.4 Å². The van der Waals surface area contributed by atoms with E-state index in [0.717, 1.165) is 33.1 Å². The quantitative estimate of drug-likeness (QED) is 0.0660. The van der Waals surface area contributed by atoms with Gasteiger partial charge in [0.1, 0.15) is 17.1 Å². The second kappa shape index (κ2) is 18.2. The van der Waals surface area contributed by atoms with E-state index in [1.807, 2.05) is 66.7 Å². The fourth-order valence-corrected chi connectivity index (χ4v) is 6.88. The van der Waals surface area contributed by atoms with Crippen molar-refractivity contribution in [2.45, 2.75) is 70.9 Å². The third-order valence-electron chi connectivity index (χ3n) is 9.87. The van der Waals surface area contributed by atoms with Crippen molar-refractivity contribution in [3.8, 4) is 11.5 Å². The van der Waals surface area contributed by atoms with Crippen molar-refractivity contribution >= 4 is 17.8 Å². The van der Waals surface area contributed by atoms with Crippen LogP contribution in [0.1, 0.15) is 63.6 Å². The number of esters is 1. The van der Waals surface area contributed by atoms with Crippen molar-refractivity contribution in [3.63, 3.8) is 0 Å². The van der Waals surface area contributed by atoms with Crippen LogP contribution in [0.3, 0.4) is 0 Å². The minimum Gasteiger partial charge on any atom is -0.497 e. The Labute approximate surface area is 318 Å². The van der Waals surface area contributed by atoms with E-state index >= 15 is 0 Å². The van der Waals surface area contributed by atoms with Gasteiger partial charge in [-0.2, -0.15) is 0 Å². The Balaban J connectivity index is 1.37. The molecule has 54 heavy (non-hydrogen) atoms. The minimum atomic E-state index is -1.02. The van der Waals surface area contributed by atoms with Gasteiger partial charge in [0.2, 0.25) is 5.91 Å². The second-order valence-electron chi connectivity index (χ2n) is 14.7. The molecule has 11 heteroatoms. The average molecular weight is 744 g/mol. The highest BCUT2D eigenvalue weighted by Gasteiger charge is 2.43. The molecule has 4 atom stereocenters. The van der Waals surface area contributed by atoms with Gasteiger partial charge in [0.15, 0.2) is 6.73 Å². The molecule has 3 aromatic rings. The number of ether oxygens (including phenoxy) is 7. The van der Waals surface area contributed by atoms with E-state index in [1.54, 1.807) is 55.1 Å². The Kier molecular flexibility index (Phi) is 13.7. The van der Waals surface area contributed by atoms with Crippen molar-refractivity contribution < 1.29 is 47.5 Å². The first-order chi connectivity index (χ1) is 25.9. The molecule has 1 saturated heterocycles. The topological polar surface area (TPSA) is 119 Å². The van der Waals surface area contributed by atoms with Gasteiger partial charge in [0.05, 0.1) is 63.7 Å². The maximum absolute atomic E-state index is 13.5. The summed E-state index contributed by atoms with van der Waals surface area (Å²) < 4.78 is 41.7. The molecular weight excluding hydrogens is 690 g/mol. The molecule has 5 rings (SSSR count). The lowest BCUT2D eigenvalue weighted by molar-refractivity contribution is -0.165. The highest BCUT2D eigenvalue weighted by atomic mass is 16.6. The minimum absolute atomic E-state index is 0.233. The third kappa shape index (κ3) is 9.38. The van der Waals surface area contributed by atoms with Gasteiger partial charge >= 0.3 is 5.97 Å². The summed E-state index contributed by atoms with van der Waals surface area (Å²) in [6, 6.07) is 25.8. The first kappa shape index (κ1) is 40.6. The molecule has 0 spiro atoms. The van der Waals surface area contributed by atoms with Crippen LogP contribution in [0.15, 0.2) is 90.5 Å². The van der Waals surface area contributed by atoms with Gasteiger partial charge in [0, 0.05) is 19.1 Å². The standard InChI is InChI=1S/C43H53NO10/c1-29-25-30(40(46)44(39(29)45)28-52-41(47)42(2,3)4)13-22-37-38(51-24-23-48-5)26-36(54-37)27-53-43(31-11-9-8-10-12-31,32-14-18-34(49-6)19-15-32)33-16-20-35(50-7)21-17-33/h8-12,14-21,25,30,36-38H,13,22-24,26-28H2,1-7H3/t30?,36-,37-,38?/m0/s1. The zero-order valence-electron chi connectivity index (χ0n) is 32.4. The van der Waals surface area contributed by atoms with Gasteiger partial charge < -0.3 is 33.2 Å². The normalized spacial score (nSPS) is 20.5. The fraction of sp³-hybridized carbons (Fsp3) is 0.465. The van der Waals surface area contributed by atoms with E-state index < -0.39 is 41.4 Å². The van der Waals surface area contributed by atoms with Gasteiger partial charge in [-0.1, -0.05) is 60.7 Å². The molecule has 0 aliphatic carbocycles. The van der Waals surface area contributed by atoms with Crippen molar-refractivity contribution in [2.24, 2.45) is 11.3 Å². The molecule has 2 unspecified atom stereocenters. The fourth-order valence-electron chi connectivity index (χ4n) is 6.88. The maximum Gasteiger partial charge on any atom is 0.312 e. The van der Waals surface area contributed by atoms with Crippen LogP contribution in [0, 0.1) is 11.3 Å². The number of hydrogen-bond acceptors (Lipinski definition) is 10. The highest BCUT2D eigenvalue weighted by molar-refractivity contribution is 6.08. The zero-order valence-corrected chi connectivity index (χ0v) is 32.4. The number of amides is 2. The van der Waals surface area contributed by atoms with Crippen LogP contribution in [-0.2, 0) is 43.7 Å². The predicted octanol–water partition coefficient (Wildman–Crippen LogP) is 6.46. The van der Waals surface area contributed by atoms with E-state index in [4.69, 9.17) is 33.2 Å². The van der Waals surface area contributed by atoms with Crippen LogP contribution in [0.5, 0.6) is 11.5 Å². The van der Waals surface area contributed by atoms with Gasteiger partial charge in [-0.15, -0.1) is 0 Å². The molecule has 0 aromatic heterocycles. The number of methoxy groups -OCH3 is 3. The molecule has 0 bridgehead atoms. The van der Waals surface area contributed by atoms with Crippen LogP contribution < -0.4 is 9.47 Å². The molecule has 2 aliphatic rings. The SMILES string of the molecule is COCCOC1C[C@@H](COC(c2ccccc2)(c2ccc(OC)cc2)c2ccc(OC)cc2)O[C@H]1CCC1C=C(C)C(=O)N(COC(=O)C(C)(C)C)C1=O. The number of imide groups is 1. The number of benzene rings is 3. The van der Waals surface area contributed by atoms with E-state index in [2.05, 4.69) is 12.1 Å². The largest absolute Gasteiger partial charge is 0.497 e. The van der Waals surface area contributed by atoms with Gasteiger partial charge in [0.25, 0.3) is 5.91 Å². The molecule has 0 N–H and O–H groups in total. The van der Waals surface area contributed by atoms with Crippen LogP contribution in [0.2, 0.25) is 0 Å². The Hall–Kier alpha value is -4.55. The van der Waals surface area contributed by atoms with E-state index in [9.17, 15) is 14.4 Å². The summed E-state index contributed by atoms with van der Waals surface area (Å²) in [6.07, 6.45) is 2.18. The smallest absolute Gasteiger partial charge is 0.312 e. The monoisotopic (exact) mass is 743 g/mol. The number of hydrogen-bond donors (Lipinski definition) is 0. The summed E-state index contributed by atoms with van der Waals surface area (Å²) in [5.74, 6) is -0.504. The van der Waals surface area contributed by atoms with Crippen molar-refractivity contribution in [3.05, 3.63) is 107 Å². The predicted molar refractivity (Wildman–Crippen MR) is 202 cm³/mol. The summed E-state index contributed by atoms with van der Waals surface area (Å²) in [7, 11) is 4.90. The Morgan fingerprint density at radius 1 is 0.815 bits per heavy atom. The van der Waals surface area contributed by atoms with Crippen LogP contribution >= 0.6 is 0 Å². The summed E-state index contributed by atoms with van der Waals surface area (Å²) >= 11 is 0. The lowest BCUT2D eigenvalue weighted by Crippen LogP contribution is -2.46. The van der Waals surface area contributed by atoms with Crippen LogP contribution in [0.4, 0.5) is 0 Å². The zero-order chi connectivity index (χ0) is 38.9. The molecule has 0 saturated carbocycles. The van der Waals surface area contributed by atoms with E-state index in [0.29, 0.717) is 38.0 Å². The first-order valence-corrected chi connectivity index (χ1v) is 18.4. The van der Waals surface area contributed by atoms with Gasteiger partial charge in [-0.05, 0) is 81.5 Å². The van der Waals surface area contributed by atoms with E-state index in [1.165, 1.54) is 0 Å². The average Bonchev–Trinajstić information content (AvgIpc) is 3.57. The van der Waals surface area contributed by atoms with Crippen molar-refractivity contribution in [2.75, 3.05) is 47.9 Å². The third-order valence-corrected chi connectivity index (χ3v) is 9.87.